The first-order valence-corrected chi connectivity index (χ1v) is 6.83. The van der Waals surface area contributed by atoms with Crippen molar-refractivity contribution >= 4 is 15.9 Å². The van der Waals surface area contributed by atoms with Gasteiger partial charge in [-0.2, -0.15) is 0 Å². The summed E-state index contributed by atoms with van der Waals surface area (Å²) in [7, 11) is 0. The van der Waals surface area contributed by atoms with Crippen LogP contribution >= 0.6 is 15.9 Å². The van der Waals surface area contributed by atoms with Crippen LogP contribution in [0.25, 0.3) is 0 Å². The monoisotopic (exact) mass is 268 g/mol. The van der Waals surface area contributed by atoms with Gasteiger partial charge in [-0.05, 0) is 49.8 Å². The molecule has 0 heterocycles. The summed E-state index contributed by atoms with van der Waals surface area (Å²) in [6, 6.07) is 4.59. The zero-order valence-electron chi connectivity index (χ0n) is 10.2. The molecule has 0 saturated heterocycles. The second-order valence-electron chi connectivity index (χ2n) is 4.51. The highest BCUT2D eigenvalue weighted by atomic mass is 79.9. The maximum absolute atomic E-state index is 3.60. The van der Waals surface area contributed by atoms with Crippen molar-refractivity contribution in [3.8, 4) is 0 Å². The molecule has 0 aliphatic carbocycles. The van der Waals surface area contributed by atoms with E-state index in [1.807, 2.05) is 0 Å². The largest absolute Gasteiger partial charge is 0.0925 e. The summed E-state index contributed by atoms with van der Waals surface area (Å²) in [5.41, 5.74) is 5.83. The molecule has 0 amide bonds. The van der Waals surface area contributed by atoms with Gasteiger partial charge in [0.1, 0.15) is 0 Å². The van der Waals surface area contributed by atoms with Crippen LogP contribution in [0.3, 0.4) is 0 Å². The van der Waals surface area contributed by atoms with Crippen molar-refractivity contribution in [1.82, 2.24) is 0 Å². The number of rotatable bonds is 4. The normalized spacial score (nSPS) is 12.9. The van der Waals surface area contributed by atoms with Gasteiger partial charge in [0.15, 0.2) is 0 Å². The number of hydrogen-bond donors (Lipinski definition) is 0. The fourth-order valence-corrected chi connectivity index (χ4v) is 2.82. The zero-order chi connectivity index (χ0) is 11.4. The van der Waals surface area contributed by atoms with Crippen LogP contribution in [0.5, 0.6) is 0 Å². The second-order valence-corrected chi connectivity index (χ2v) is 5.16. The Morgan fingerprint density at radius 1 is 1.13 bits per heavy atom. The van der Waals surface area contributed by atoms with Crippen LogP contribution < -0.4 is 0 Å². The van der Waals surface area contributed by atoms with Crippen LogP contribution in [0.4, 0.5) is 0 Å². The minimum atomic E-state index is 0.769. The quantitative estimate of drug-likeness (QED) is 0.702. The topological polar surface area (TPSA) is 0 Å². The molecule has 0 fully saturated rings. The summed E-state index contributed by atoms with van der Waals surface area (Å²) in [4.78, 5) is 0. The Labute approximate surface area is 102 Å². The molecule has 0 aromatic heterocycles. The molecule has 84 valence electrons. The van der Waals surface area contributed by atoms with Crippen molar-refractivity contribution in [1.29, 1.82) is 0 Å². The van der Waals surface area contributed by atoms with Gasteiger partial charge in [-0.3, -0.25) is 0 Å². The fraction of sp³-hybridized carbons (Fsp3) is 0.571. The molecule has 0 radical (unpaired) electrons. The predicted octanol–water partition coefficient (Wildman–Crippen LogP) is 4.58. The van der Waals surface area contributed by atoms with Gasteiger partial charge < -0.3 is 0 Å². The van der Waals surface area contributed by atoms with E-state index in [-0.39, 0.29) is 0 Å². The van der Waals surface area contributed by atoms with E-state index in [2.05, 4.69) is 55.8 Å². The molecule has 1 rings (SSSR count). The summed E-state index contributed by atoms with van der Waals surface area (Å²) in [5.74, 6) is 0.769. The summed E-state index contributed by atoms with van der Waals surface area (Å²) in [5, 5.41) is 1.11. The Bertz CT molecular complexity index is 301. The first-order chi connectivity index (χ1) is 7.08. The number of hydrogen-bond acceptors (Lipinski definition) is 0. The smallest absolute Gasteiger partial charge is 0.00627 e. The maximum atomic E-state index is 3.60. The Hall–Kier alpha value is -0.300. The highest BCUT2D eigenvalue weighted by molar-refractivity contribution is 9.09. The predicted molar refractivity (Wildman–Crippen MR) is 71.9 cm³/mol. The number of halogens is 1. The van der Waals surface area contributed by atoms with Crippen LogP contribution in [0.1, 0.15) is 35.6 Å². The maximum Gasteiger partial charge on any atom is 0.00627 e. The van der Waals surface area contributed by atoms with E-state index in [1.54, 1.807) is 5.56 Å². The molecule has 15 heavy (non-hydrogen) atoms. The van der Waals surface area contributed by atoms with E-state index >= 15 is 0 Å². The van der Waals surface area contributed by atoms with Gasteiger partial charge in [0.25, 0.3) is 0 Å². The average molecular weight is 269 g/mol. The molecule has 1 aromatic rings. The van der Waals surface area contributed by atoms with E-state index in [0.29, 0.717) is 0 Å². The van der Waals surface area contributed by atoms with Gasteiger partial charge in [0.05, 0.1) is 0 Å². The molecule has 0 bridgehead atoms. The highest BCUT2D eigenvalue weighted by Gasteiger charge is 2.10. The van der Waals surface area contributed by atoms with E-state index in [0.717, 1.165) is 11.2 Å². The molecule has 0 nitrogen and oxygen atoms in total. The minimum absolute atomic E-state index is 0.769. The van der Waals surface area contributed by atoms with Gasteiger partial charge in [-0.15, -0.1) is 0 Å². The fourth-order valence-electron chi connectivity index (χ4n) is 2.13. The van der Waals surface area contributed by atoms with Crippen LogP contribution in [0, 0.1) is 26.7 Å². The molecule has 1 aromatic carbocycles. The summed E-state index contributed by atoms with van der Waals surface area (Å²) >= 11 is 3.60. The van der Waals surface area contributed by atoms with Crippen LogP contribution in [-0.4, -0.2) is 5.33 Å². The molecule has 0 spiro atoms. The average Bonchev–Trinajstić information content (AvgIpc) is 2.17. The first kappa shape index (κ1) is 12.8. The first-order valence-electron chi connectivity index (χ1n) is 5.71. The lowest BCUT2D eigenvalue weighted by atomic mass is 9.91. The standard InChI is InChI=1S/C14H21Br/c1-5-13(9-15)8-14-11(3)6-10(2)7-12(14)4/h6-7,13H,5,8-9H2,1-4H3. The Kier molecular flexibility index (Phi) is 4.85. The Morgan fingerprint density at radius 3 is 2.07 bits per heavy atom. The SMILES string of the molecule is CCC(CBr)Cc1c(C)cc(C)cc1C. The molecule has 0 saturated carbocycles. The van der Waals surface area contributed by atoms with Crippen molar-refractivity contribution in [3.05, 3.63) is 34.4 Å². The lowest BCUT2D eigenvalue weighted by Crippen LogP contribution is -2.07. The van der Waals surface area contributed by atoms with E-state index < -0.39 is 0 Å². The Morgan fingerprint density at radius 2 is 1.67 bits per heavy atom. The second kappa shape index (κ2) is 5.69. The molecule has 0 N–H and O–H groups in total. The summed E-state index contributed by atoms with van der Waals surface area (Å²) in [6.07, 6.45) is 2.46. The van der Waals surface area contributed by atoms with Gasteiger partial charge >= 0.3 is 0 Å². The third-order valence-electron chi connectivity index (χ3n) is 3.13. The summed E-state index contributed by atoms with van der Waals surface area (Å²) in [6.45, 7) is 8.91. The molecule has 0 aliphatic heterocycles. The van der Waals surface area contributed by atoms with Gasteiger partial charge in [0.2, 0.25) is 0 Å². The minimum Gasteiger partial charge on any atom is -0.0925 e. The third kappa shape index (κ3) is 3.34. The molecule has 0 aliphatic rings. The molecule has 1 unspecified atom stereocenters. The van der Waals surface area contributed by atoms with Crippen LogP contribution in [-0.2, 0) is 6.42 Å². The van der Waals surface area contributed by atoms with Gasteiger partial charge in [-0.1, -0.05) is 47.0 Å². The Balaban J connectivity index is 2.94. The van der Waals surface area contributed by atoms with Crippen molar-refractivity contribution in [2.45, 2.75) is 40.5 Å². The van der Waals surface area contributed by atoms with Gasteiger partial charge in [0, 0.05) is 5.33 Å². The van der Waals surface area contributed by atoms with E-state index in [1.165, 1.54) is 29.5 Å². The van der Waals surface area contributed by atoms with Crippen molar-refractivity contribution in [2.75, 3.05) is 5.33 Å². The number of benzene rings is 1. The van der Waals surface area contributed by atoms with Crippen LogP contribution in [0.2, 0.25) is 0 Å². The molecule has 1 heteroatoms. The molecular formula is C14H21Br. The zero-order valence-corrected chi connectivity index (χ0v) is 11.8. The lowest BCUT2D eigenvalue weighted by molar-refractivity contribution is 0.570. The molecule has 1 atom stereocenters. The van der Waals surface area contributed by atoms with Crippen LogP contribution in [0.15, 0.2) is 12.1 Å². The summed E-state index contributed by atoms with van der Waals surface area (Å²) < 4.78 is 0. The van der Waals surface area contributed by atoms with Crippen molar-refractivity contribution < 1.29 is 0 Å². The number of alkyl halides is 1. The third-order valence-corrected chi connectivity index (χ3v) is 4.04. The molecular weight excluding hydrogens is 248 g/mol. The lowest BCUT2D eigenvalue weighted by Gasteiger charge is -2.16. The number of aryl methyl sites for hydroxylation is 3. The van der Waals surface area contributed by atoms with E-state index in [4.69, 9.17) is 0 Å². The van der Waals surface area contributed by atoms with Gasteiger partial charge in [-0.25, -0.2) is 0 Å². The highest BCUT2D eigenvalue weighted by Crippen LogP contribution is 2.22. The van der Waals surface area contributed by atoms with E-state index in [9.17, 15) is 0 Å². The van der Waals surface area contributed by atoms with Crippen molar-refractivity contribution in [3.63, 3.8) is 0 Å². The van der Waals surface area contributed by atoms with Crippen molar-refractivity contribution in [2.24, 2.45) is 5.92 Å².